The Morgan fingerprint density at radius 2 is 1.88 bits per heavy atom. The van der Waals surface area contributed by atoms with Crippen molar-refractivity contribution in [2.45, 2.75) is 19.8 Å². The van der Waals surface area contributed by atoms with Crippen molar-refractivity contribution in [2.75, 3.05) is 11.8 Å². The minimum absolute atomic E-state index is 0.176. The third kappa shape index (κ3) is 3.03. The maximum Gasteiger partial charge on any atom is 0.142 e. The third-order valence-electron chi connectivity index (χ3n) is 2.91. The van der Waals surface area contributed by atoms with Gasteiger partial charge in [0.2, 0.25) is 0 Å². The zero-order chi connectivity index (χ0) is 12.2. The topological polar surface area (TPSA) is 0 Å². The van der Waals surface area contributed by atoms with Crippen LogP contribution in [0.5, 0.6) is 0 Å². The molecule has 0 unspecified atom stereocenters. The summed E-state index contributed by atoms with van der Waals surface area (Å²) in [6, 6.07) is 4.81. The third-order valence-corrected chi connectivity index (χ3v) is 4.47. The molecule has 0 atom stereocenters. The Balaban J connectivity index is 2.98. The van der Waals surface area contributed by atoms with Crippen LogP contribution in [0.1, 0.15) is 18.9 Å². The Labute approximate surface area is 111 Å². The standard InChI is InChI=1S/C12H14Cl3F/c1-2-12(7-13,8-14)6-9-4-3-5-10(16)11(9)15/h3-5H,2,6-8H2,1H3. The quantitative estimate of drug-likeness (QED) is 0.675. The Morgan fingerprint density at radius 1 is 1.25 bits per heavy atom. The van der Waals surface area contributed by atoms with Crippen LogP contribution in [-0.4, -0.2) is 11.8 Å². The molecule has 4 heteroatoms. The molecule has 1 rings (SSSR count). The van der Waals surface area contributed by atoms with Crippen molar-refractivity contribution in [3.8, 4) is 0 Å². The monoisotopic (exact) mass is 282 g/mol. The van der Waals surface area contributed by atoms with E-state index in [-0.39, 0.29) is 10.4 Å². The van der Waals surface area contributed by atoms with E-state index < -0.39 is 5.82 Å². The summed E-state index contributed by atoms with van der Waals surface area (Å²) in [5, 5.41) is 0.176. The highest BCUT2D eigenvalue weighted by molar-refractivity contribution is 6.31. The van der Waals surface area contributed by atoms with Crippen molar-refractivity contribution in [3.05, 3.63) is 34.6 Å². The Kier molecular flexibility index (Phi) is 5.36. The summed E-state index contributed by atoms with van der Waals surface area (Å²) in [5.41, 5.74) is 0.561. The predicted molar refractivity (Wildman–Crippen MR) is 69.3 cm³/mol. The van der Waals surface area contributed by atoms with Crippen molar-refractivity contribution in [1.29, 1.82) is 0 Å². The highest BCUT2D eigenvalue weighted by Crippen LogP contribution is 2.33. The average molecular weight is 284 g/mol. The molecule has 1 aromatic rings. The van der Waals surface area contributed by atoms with Gasteiger partial charge in [0.1, 0.15) is 5.82 Å². The first kappa shape index (κ1) is 14.1. The van der Waals surface area contributed by atoms with Gasteiger partial charge in [-0.2, -0.15) is 0 Å². The van der Waals surface area contributed by atoms with Gasteiger partial charge in [-0.15, -0.1) is 23.2 Å². The highest BCUT2D eigenvalue weighted by Gasteiger charge is 2.27. The van der Waals surface area contributed by atoms with Crippen molar-refractivity contribution in [1.82, 2.24) is 0 Å². The minimum Gasteiger partial charge on any atom is -0.205 e. The van der Waals surface area contributed by atoms with Crippen LogP contribution in [0.2, 0.25) is 5.02 Å². The molecule has 0 saturated carbocycles. The summed E-state index contributed by atoms with van der Waals surface area (Å²) in [5.74, 6) is 0.493. The Hall–Kier alpha value is 0.0200. The van der Waals surface area contributed by atoms with Crippen LogP contribution in [0.3, 0.4) is 0 Å². The first-order chi connectivity index (χ1) is 7.58. The van der Waals surface area contributed by atoms with E-state index in [1.54, 1.807) is 6.07 Å². The first-order valence-corrected chi connectivity index (χ1v) is 6.58. The average Bonchev–Trinajstić information content (AvgIpc) is 2.32. The number of hydrogen-bond acceptors (Lipinski definition) is 0. The predicted octanol–water partition coefficient (Wildman–Crippen LogP) is 4.90. The smallest absolute Gasteiger partial charge is 0.142 e. The van der Waals surface area contributed by atoms with E-state index in [4.69, 9.17) is 34.8 Å². The maximum absolute atomic E-state index is 13.3. The molecule has 0 N–H and O–H groups in total. The SMILES string of the molecule is CCC(CCl)(CCl)Cc1cccc(F)c1Cl. The van der Waals surface area contributed by atoms with Gasteiger partial charge in [0, 0.05) is 17.2 Å². The molecule has 0 aliphatic heterocycles. The zero-order valence-corrected chi connectivity index (χ0v) is 11.3. The Bertz CT molecular complexity index is 340. The second-order valence-electron chi connectivity index (χ2n) is 4.01. The van der Waals surface area contributed by atoms with Crippen LogP contribution in [0.4, 0.5) is 4.39 Å². The number of rotatable bonds is 5. The van der Waals surface area contributed by atoms with Crippen molar-refractivity contribution >= 4 is 34.8 Å². The van der Waals surface area contributed by atoms with Gasteiger partial charge in [-0.25, -0.2) is 4.39 Å². The van der Waals surface area contributed by atoms with Gasteiger partial charge in [0.05, 0.1) is 5.02 Å². The van der Waals surface area contributed by atoms with Crippen molar-refractivity contribution < 1.29 is 4.39 Å². The summed E-state index contributed by atoms with van der Waals surface area (Å²) in [7, 11) is 0. The van der Waals surface area contributed by atoms with Gasteiger partial charge in [0.25, 0.3) is 0 Å². The summed E-state index contributed by atoms with van der Waals surface area (Å²) in [4.78, 5) is 0. The molecule has 0 fully saturated rings. The van der Waals surface area contributed by atoms with Gasteiger partial charge in [-0.1, -0.05) is 30.7 Å². The largest absolute Gasteiger partial charge is 0.205 e. The van der Waals surface area contributed by atoms with Crippen LogP contribution >= 0.6 is 34.8 Å². The molecular weight excluding hydrogens is 269 g/mol. The lowest BCUT2D eigenvalue weighted by Gasteiger charge is -2.28. The molecule has 0 amide bonds. The molecule has 0 heterocycles. The Morgan fingerprint density at radius 3 is 2.38 bits per heavy atom. The summed E-state index contributed by atoms with van der Waals surface area (Å²) < 4.78 is 13.3. The molecule has 0 aromatic heterocycles. The summed E-state index contributed by atoms with van der Waals surface area (Å²) in [6.07, 6.45) is 1.44. The summed E-state index contributed by atoms with van der Waals surface area (Å²) in [6.45, 7) is 2.03. The van der Waals surface area contributed by atoms with Gasteiger partial charge in [0.15, 0.2) is 0 Å². The lowest BCUT2D eigenvalue weighted by Crippen LogP contribution is -2.27. The molecule has 1 aromatic carbocycles. The number of hydrogen-bond donors (Lipinski definition) is 0. The van der Waals surface area contributed by atoms with E-state index in [9.17, 15) is 4.39 Å². The van der Waals surface area contributed by atoms with Gasteiger partial charge in [-0.05, 0) is 24.5 Å². The molecule has 0 aliphatic carbocycles. The van der Waals surface area contributed by atoms with Gasteiger partial charge in [-0.3, -0.25) is 0 Å². The highest BCUT2D eigenvalue weighted by atomic mass is 35.5. The van der Waals surface area contributed by atoms with E-state index in [1.807, 2.05) is 13.0 Å². The fourth-order valence-corrected chi connectivity index (χ4v) is 2.58. The van der Waals surface area contributed by atoms with E-state index in [0.717, 1.165) is 12.0 Å². The second kappa shape index (κ2) is 6.09. The summed E-state index contributed by atoms with van der Waals surface area (Å²) >= 11 is 17.8. The number of alkyl halides is 2. The first-order valence-electron chi connectivity index (χ1n) is 5.13. The van der Waals surface area contributed by atoms with Crippen molar-refractivity contribution in [3.63, 3.8) is 0 Å². The number of halogens is 4. The van der Waals surface area contributed by atoms with E-state index in [2.05, 4.69) is 0 Å². The molecule has 0 aliphatic rings. The maximum atomic E-state index is 13.3. The lowest BCUT2D eigenvalue weighted by atomic mass is 9.83. The van der Waals surface area contributed by atoms with Crippen LogP contribution in [-0.2, 0) is 6.42 Å². The van der Waals surface area contributed by atoms with Gasteiger partial charge < -0.3 is 0 Å². The molecule has 0 bridgehead atoms. The molecule has 0 radical (unpaired) electrons. The lowest BCUT2D eigenvalue weighted by molar-refractivity contribution is 0.361. The minimum atomic E-state index is -0.395. The molecule has 0 nitrogen and oxygen atoms in total. The molecule has 0 saturated heterocycles. The van der Waals surface area contributed by atoms with Crippen LogP contribution in [0, 0.1) is 11.2 Å². The zero-order valence-electron chi connectivity index (χ0n) is 9.07. The molecular formula is C12H14Cl3F. The second-order valence-corrected chi connectivity index (χ2v) is 4.92. The van der Waals surface area contributed by atoms with Crippen LogP contribution in [0.15, 0.2) is 18.2 Å². The van der Waals surface area contributed by atoms with Crippen LogP contribution in [0.25, 0.3) is 0 Å². The number of benzene rings is 1. The fraction of sp³-hybridized carbons (Fsp3) is 0.500. The van der Waals surface area contributed by atoms with Crippen LogP contribution < -0.4 is 0 Å². The molecule has 90 valence electrons. The molecule has 0 spiro atoms. The van der Waals surface area contributed by atoms with E-state index in [1.165, 1.54) is 6.07 Å². The van der Waals surface area contributed by atoms with Gasteiger partial charge >= 0.3 is 0 Å². The molecule has 16 heavy (non-hydrogen) atoms. The van der Waals surface area contributed by atoms with E-state index >= 15 is 0 Å². The van der Waals surface area contributed by atoms with E-state index in [0.29, 0.717) is 18.2 Å². The fourth-order valence-electron chi connectivity index (χ4n) is 1.53. The normalized spacial score (nSPS) is 11.8. The van der Waals surface area contributed by atoms with Crippen molar-refractivity contribution in [2.24, 2.45) is 5.41 Å².